The van der Waals surface area contributed by atoms with Gasteiger partial charge in [0.1, 0.15) is 0 Å². The molecule has 1 fully saturated rings. The van der Waals surface area contributed by atoms with Gasteiger partial charge in [-0.1, -0.05) is 6.07 Å². The average molecular weight is 364 g/mol. The molecule has 1 heterocycles. The summed E-state index contributed by atoms with van der Waals surface area (Å²) in [4.78, 5) is 25.8. The number of carbonyl (C=O) groups is 2. The number of ether oxygens (including phenoxy) is 3. The van der Waals surface area contributed by atoms with E-state index in [9.17, 15) is 9.59 Å². The first-order chi connectivity index (χ1) is 12.6. The van der Waals surface area contributed by atoms with E-state index in [0.29, 0.717) is 57.0 Å². The number of carbonyl (C=O) groups excluding carboxylic acids is 2. The third-order valence-corrected chi connectivity index (χ3v) is 4.54. The number of hydrogen-bond acceptors (Lipinski definition) is 5. The first kappa shape index (κ1) is 19.9. The van der Waals surface area contributed by atoms with Crippen molar-refractivity contribution in [3.05, 3.63) is 23.8 Å². The molecule has 0 spiro atoms. The standard InChI is InChI=1S/C19H28N2O5/c1-4-26-18(22)15-8-11-21(12-9-15)19(23)20-10-7-14-5-6-16(24-2)17(13-14)25-3/h5-6,13,15H,4,7-12H2,1-3H3,(H,20,23). The fourth-order valence-corrected chi connectivity index (χ4v) is 3.04. The Morgan fingerprint density at radius 2 is 1.85 bits per heavy atom. The molecule has 0 saturated carbocycles. The molecule has 0 aliphatic carbocycles. The lowest BCUT2D eigenvalue weighted by atomic mass is 9.97. The normalized spacial score (nSPS) is 14.7. The molecule has 7 heteroatoms. The molecule has 1 aliphatic heterocycles. The van der Waals surface area contributed by atoms with Crippen LogP contribution in [0.15, 0.2) is 18.2 Å². The molecule has 26 heavy (non-hydrogen) atoms. The summed E-state index contributed by atoms with van der Waals surface area (Å²) >= 11 is 0. The van der Waals surface area contributed by atoms with Gasteiger partial charge in [0.2, 0.25) is 0 Å². The number of piperidine rings is 1. The van der Waals surface area contributed by atoms with Crippen LogP contribution in [0.2, 0.25) is 0 Å². The summed E-state index contributed by atoms with van der Waals surface area (Å²) in [6.07, 6.45) is 2.01. The molecule has 0 aromatic heterocycles. The molecular weight excluding hydrogens is 336 g/mol. The smallest absolute Gasteiger partial charge is 0.317 e. The Labute approximate surface area is 154 Å². The lowest BCUT2D eigenvalue weighted by Gasteiger charge is -2.30. The van der Waals surface area contributed by atoms with Crippen LogP contribution in [-0.2, 0) is 16.0 Å². The number of esters is 1. The van der Waals surface area contributed by atoms with Crippen LogP contribution >= 0.6 is 0 Å². The molecule has 0 bridgehead atoms. The molecule has 2 amide bonds. The van der Waals surface area contributed by atoms with Gasteiger partial charge in [0.25, 0.3) is 0 Å². The molecule has 1 saturated heterocycles. The van der Waals surface area contributed by atoms with Crippen molar-refractivity contribution in [2.45, 2.75) is 26.2 Å². The summed E-state index contributed by atoms with van der Waals surface area (Å²) in [6, 6.07) is 5.64. The summed E-state index contributed by atoms with van der Waals surface area (Å²) in [5.41, 5.74) is 1.06. The second-order valence-corrected chi connectivity index (χ2v) is 6.18. The monoisotopic (exact) mass is 364 g/mol. The van der Waals surface area contributed by atoms with Crippen LogP contribution < -0.4 is 14.8 Å². The third-order valence-electron chi connectivity index (χ3n) is 4.54. The molecule has 0 unspecified atom stereocenters. The number of methoxy groups -OCH3 is 2. The quantitative estimate of drug-likeness (QED) is 0.751. The first-order valence-corrected chi connectivity index (χ1v) is 8.99. The number of hydrogen-bond donors (Lipinski definition) is 1. The molecule has 144 valence electrons. The van der Waals surface area contributed by atoms with Gasteiger partial charge in [-0.25, -0.2) is 4.79 Å². The van der Waals surface area contributed by atoms with Crippen molar-refractivity contribution in [3.63, 3.8) is 0 Å². The summed E-state index contributed by atoms with van der Waals surface area (Å²) in [7, 11) is 3.20. The summed E-state index contributed by atoms with van der Waals surface area (Å²) in [5.74, 6) is 1.12. The zero-order valence-electron chi connectivity index (χ0n) is 15.7. The second kappa shape index (κ2) is 9.89. The number of benzene rings is 1. The van der Waals surface area contributed by atoms with Crippen molar-refractivity contribution in [2.24, 2.45) is 5.92 Å². The number of urea groups is 1. The SMILES string of the molecule is CCOC(=O)C1CCN(C(=O)NCCc2ccc(OC)c(OC)c2)CC1. The van der Waals surface area contributed by atoms with E-state index in [2.05, 4.69) is 5.32 Å². The van der Waals surface area contributed by atoms with Gasteiger partial charge in [-0.3, -0.25) is 4.79 Å². The molecule has 1 aromatic rings. The third kappa shape index (κ3) is 5.28. The number of rotatable bonds is 7. The Kier molecular flexibility index (Phi) is 7.56. The van der Waals surface area contributed by atoms with E-state index < -0.39 is 0 Å². The van der Waals surface area contributed by atoms with Gasteiger partial charge in [-0.05, 0) is 43.9 Å². The van der Waals surface area contributed by atoms with Gasteiger partial charge in [0.05, 0.1) is 26.7 Å². The van der Waals surface area contributed by atoms with Gasteiger partial charge in [0.15, 0.2) is 11.5 Å². The van der Waals surface area contributed by atoms with Crippen LogP contribution in [0.5, 0.6) is 11.5 Å². The highest BCUT2D eigenvalue weighted by molar-refractivity contribution is 5.76. The van der Waals surface area contributed by atoms with Gasteiger partial charge in [0, 0.05) is 19.6 Å². The molecule has 2 rings (SSSR count). The Morgan fingerprint density at radius 1 is 1.15 bits per heavy atom. The number of nitrogens with one attached hydrogen (secondary N) is 1. The molecule has 0 radical (unpaired) electrons. The predicted octanol–water partition coefficient (Wildman–Crippen LogP) is 2.23. The van der Waals surface area contributed by atoms with Gasteiger partial charge in [-0.15, -0.1) is 0 Å². The van der Waals surface area contributed by atoms with Crippen LogP contribution in [-0.4, -0.2) is 57.4 Å². The fraction of sp³-hybridized carbons (Fsp3) is 0.579. The summed E-state index contributed by atoms with van der Waals surface area (Å²) < 4.78 is 15.6. The zero-order valence-corrected chi connectivity index (χ0v) is 15.7. The van der Waals surface area contributed by atoms with E-state index in [0.717, 1.165) is 5.56 Å². The Hall–Kier alpha value is -2.44. The molecule has 1 N–H and O–H groups in total. The second-order valence-electron chi connectivity index (χ2n) is 6.18. The van der Waals surface area contributed by atoms with E-state index >= 15 is 0 Å². The van der Waals surface area contributed by atoms with E-state index in [-0.39, 0.29) is 17.9 Å². The summed E-state index contributed by atoms with van der Waals surface area (Å²) in [6.45, 7) is 3.89. The van der Waals surface area contributed by atoms with Crippen molar-refractivity contribution in [1.82, 2.24) is 10.2 Å². The minimum Gasteiger partial charge on any atom is -0.493 e. The van der Waals surface area contributed by atoms with E-state index in [1.807, 2.05) is 18.2 Å². The molecule has 7 nitrogen and oxygen atoms in total. The van der Waals surface area contributed by atoms with Crippen LogP contribution in [0.4, 0.5) is 4.79 Å². The van der Waals surface area contributed by atoms with Gasteiger partial charge >= 0.3 is 12.0 Å². The lowest BCUT2D eigenvalue weighted by molar-refractivity contribution is -0.149. The van der Waals surface area contributed by atoms with Gasteiger partial charge < -0.3 is 24.4 Å². The van der Waals surface area contributed by atoms with E-state index in [1.54, 1.807) is 26.0 Å². The minimum atomic E-state index is -0.152. The minimum absolute atomic E-state index is 0.0900. The van der Waals surface area contributed by atoms with Crippen molar-refractivity contribution in [3.8, 4) is 11.5 Å². The van der Waals surface area contributed by atoms with Gasteiger partial charge in [-0.2, -0.15) is 0 Å². The predicted molar refractivity (Wildman–Crippen MR) is 97.6 cm³/mol. The van der Waals surface area contributed by atoms with E-state index in [1.165, 1.54) is 0 Å². The van der Waals surface area contributed by atoms with Crippen molar-refractivity contribution in [1.29, 1.82) is 0 Å². The maximum Gasteiger partial charge on any atom is 0.317 e. The maximum absolute atomic E-state index is 12.3. The fourth-order valence-electron chi connectivity index (χ4n) is 3.04. The maximum atomic E-state index is 12.3. The van der Waals surface area contributed by atoms with Crippen LogP contribution in [0, 0.1) is 5.92 Å². The molecule has 0 atom stereocenters. The number of likely N-dealkylation sites (tertiary alicyclic amines) is 1. The zero-order chi connectivity index (χ0) is 18.9. The molecule has 1 aliphatic rings. The Morgan fingerprint density at radius 3 is 2.46 bits per heavy atom. The van der Waals surface area contributed by atoms with Crippen molar-refractivity contribution < 1.29 is 23.8 Å². The number of amides is 2. The van der Waals surface area contributed by atoms with Crippen molar-refractivity contribution >= 4 is 12.0 Å². The highest BCUT2D eigenvalue weighted by Crippen LogP contribution is 2.27. The van der Waals surface area contributed by atoms with E-state index in [4.69, 9.17) is 14.2 Å². The number of nitrogens with zero attached hydrogens (tertiary/aromatic N) is 1. The molecule has 1 aromatic carbocycles. The first-order valence-electron chi connectivity index (χ1n) is 8.99. The largest absolute Gasteiger partial charge is 0.493 e. The Balaban J connectivity index is 1.75. The highest BCUT2D eigenvalue weighted by Gasteiger charge is 2.27. The summed E-state index contributed by atoms with van der Waals surface area (Å²) in [5, 5.41) is 2.93. The van der Waals surface area contributed by atoms with Crippen LogP contribution in [0.25, 0.3) is 0 Å². The Bertz CT molecular complexity index is 612. The molecular formula is C19H28N2O5. The van der Waals surface area contributed by atoms with Crippen LogP contribution in [0.3, 0.4) is 0 Å². The average Bonchev–Trinajstić information content (AvgIpc) is 2.68. The lowest BCUT2D eigenvalue weighted by Crippen LogP contribution is -2.46. The topological polar surface area (TPSA) is 77.1 Å². The van der Waals surface area contributed by atoms with Crippen LogP contribution in [0.1, 0.15) is 25.3 Å². The highest BCUT2D eigenvalue weighted by atomic mass is 16.5. The van der Waals surface area contributed by atoms with Crippen molar-refractivity contribution in [2.75, 3.05) is 40.5 Å².